The fraction of sp³-hybridized carbons (Fsp3) is 0.133. The number of hydrogen-bond acceptors (Lipinski definition) is 3. The van der Waals surface area contributed by atoms with Crippen molar-refractivity contribution < 1.29 is 9.90 Å². The van der Waals surface area contributed by atoms with E-state index in [1.54, 1.807) is 7.05 Å². The van der Waals surface area contributed by atoms with Gasteiger partial charge in [0.25, 0.3) is 5.91 Å². The van der Waals surface area contributed by atoms with Gasteiger partial charge in [-0.25, -0.2) is 0 Å². The predicted octanol–water partition coefficient (Wildman–Crippen LogP) is 2.78. The minimum Gasteiger partial charge on any atom is -0.508 e. The molecule has 20 heavy (non-hydrogen) atoms. The van der Waals surface area contributed by atoms with Crippen molar-refractivity contribution in [2.75, 3.05) is 11.9 Å². The lowest BCUT2D eigenvalue weighted by molar-refractivity contribution is 0.0993. The Kier molecular flexibility index (Phi) is 4.27. The van der Waals surface area contributed by atoms with E-state index in [-0.39, 0.29) is 17.2 Å². The van der Waals surface area contributed by atoms with Crippen molar-refractivity contribution in [1.82, 2.24) is 0 Å². The summed E-state index contributed by atoms with van der Waals surface area (Å²) in [7, 11) is 1.65. The average Bonchev–Trinajstić information content (AvgIpc) is 2.48. The Morgan fingerprint density at radius 3 is 2.50 bits per heavy atom. The van der Waals surface area contributed by atoms with E-state index >= 15 is 0 Å². The Balaban J connectivity index is 2.29. The minimum atomic E-state index is -0.286. The first kappa shape index (κ1) is 14.4. The Morgan fingerprint density at radius 2 is 1.90 bits per heavy atom. The van der Waals surface area contributed by atoms with E-state index in [2.05, 4.69) is 0 Å². The second kappa shape index (κ2) is 5.94. The number of benzene rings is 2. The molecule has 2 aromatic rings. The van der Waals surface area contributed by atoms with Crippen molar-refractivity contribution in [1.29, 1.82) is 0 Å². The van der Waals surface area contributed by atoms with Crippen LogP contribution in [0.2, 0.25) is 5.02 Å². The molecule has 0 aliphatic heterocycles. The van der Waals surface area contributed by atoms with Crippen LogP contribution in [0.5, 0.6) is 5.75 Å². The molecule has 0 fully saturated rings. The molecule has 3 N–H and O–H groups in total. The van der Waals surface area contributed by atoms with Crippen LogP contribution < -0.4 is 10.6 Å². The summed E-state index contributed by atoms with van der Waals surface area (Å²) in [5.41, 5.74) is 7.52. The van der Waals surface area contributed by atoms with Crippen LogP contribution in [0.25, 0.3) is 0 Å². The third-order valence-corrected chi connectivity index (χ3v) is 3.37. The molecule has 2 aromatic carbocycles. The summed E-state index contributed by atoms with van der Waals surface area (Å²) >= 11 is 6.00. The first-order valence-corrected chi connectivity index (χ1v) is 6.46. The van der Waals surface area contributed by atoms with E-state index in [0.29, 0.717) is 11.6 Å². The Bertz CT molecular complexity index is 626. The highest BCUT2D eigenvalue weighted by Crippen LogP contribution is 2.24. The summed E-state index contributed by atoms with van der Waals surface area (Å²) < 4.78 is 0. The molecule has 0 aromatic heterocycles. The number of phenols is 1. The van der Waals surface area contributed by atoms with Gasteiger partial charge in [0.15, 0.2) is 0 Å². The summed E-state index contributed by atoms with van der Waals surface area (Å²) in [5.74, 6) is -0.281. The lowest BCUT2D eigenvalue weighted by Gasteiger charge is -2.18. The molecule has 0 spiro atoms. The Morgan fingerprint density at radius 1 is 1.25 bits per heavy atom. The number of amides is 1. The molecule has 0 heterocycles. The van der Waals surface area contributed by atoms with Gasteiger partial charge in [0, 0.05) is 19.3 Å². The molecular weight excluding hydrogens is 276 g/mol. The summed E-state index contributed by atoms with van der Waals surface area (Å²) in [5, 5.41) is 9.77. The lowest BCUT2D eigenvalue weighted by Crippen LogP contribution is -2.26. The van der Waals surface area contributed by atoms with Crippen LogP contribution in [0.4, 0.5) is 5.69 Å². The van der Waals surface area contributed by atoms with Gasteiger partial charge in [-0.1, -0.05) is 23.7 Å². The van der Waals surface area contributed by atoms with Crippen LogP contribution in [-0.4, -0.2) is 18.1 Å². The van der Waals surface area contributed by atoms with Gasteiger partial charge in [-0.05, 0) is 35.9 Å². The second-order valence-corrected chi connectivity index (χ2v) is 4.81. The van der Waals surface area contributed by atoms with Gasteiger partial charge < -0.3 is 15.7 Å². The quantitative estimate of drug-likeness (QED) is 0.913. The third-order valence-electron chi connectivity index (χ3n) is 3.04. The standard InChI is InChI=1S/C15H15ClN2O2/c1-18(11-4-2-10(9-17)3-5-11)15(20)13-8-12(19)6-7-14(13)16/h2-8,19H,9,17H2,1H3. The molecule has 1 amide bonds. The summed E-state index contributed by atoms with van der Waals surface area (Å²) in [6.07, 6.45) is 0. The average molecular weight is 291 g/mol. The van der Waals surface area contributed by atoms with Gasteiger partial charge >= 0.3 is 0 Å². The largest absolute Gasteiger partial charge is 0.508 e. The fourth-order valence-electron chi connectivity index (χ4n) is 1.83. The molecule has 2 rings (SSSR count). The highest BCUT2D eigenvalue weighted by Gasteiger charge is 2.17. The number of phenolic OH excluding ortho intramolecular Hbond substituents is 1. The third kappa shape index (κ3) is 2.92. The fourth-order valence-corrected chi connectivity index (χ4v) is 2.03. The second-order valence-electron chi connectivity index (χ2n) is 4.40. The van der Waals surface area contributed by atoms with Crippen LogP contribution in [-0.2, 0) is 6.54 Å². The number of hydrogen-bond donors (Lipinski definition) is 2. The first-order valence-electron chi connectivity index (χ1n) is 6.08. The van der Waals surface area contributed by atoms with E-state index < -0.39 is 0 Å². The zero-order valence-electron chi connectivity index (χ0n) is 11.0. The zero-order chi connectivity index (χ0) is 14.7. The molecule has 0 saturated heterocycles. The van der Waals surface area contributed by atoms with Crippen molar-refractivity contribution in [2.45, 2.75) is 6.54 Å². The predicted molar refractivity (Wildman–Crippen MR) is 80.2 cm³/mol. The number of aromatic hydroxyl groups is 1. The molecule has 5 heteroatoms. The normalized spacial score (nSPS) is 10.3. The van der Waals surface area contributed by atoms with Gasteiger partial charge in [0.05, 0.1) is 10.6 Å². The number of halogens is 1. The molecular formula is C15H15ClN2O2. The molecule has 104 valence electrons. The topological polar surface area (TPSA) is 66.6 Å². The van der Waals surface area contributed by atoms with Gasteiger partial charge in [-0.3, -0.25) is 4.79 Å². The summed E-state index contributed by atoms with van der Waals surface area (Å²) in [4.78, 5) is 13.9. The highest BCUT2D eigenvalue weighted by atomic mass is 35.5. The van der Waals surface area contributed by atoms with Crippen LogP contribution in [0, 0.1) is 0 Å². The van der Waals surface area contributed by atoms with Crippen LogP contribution in [0.15, 0.2) is 42.5 Å². The van der Waals surface area contributed by atoms with E-state index in [0.717, 1.165) is 11.3 Å². The van der Waals surface area contributed by atoms with Gasteiger partial charge in [0.2, 0.25) is 0 Å². The molecule has 0 unspecified atom stereocenters. The van der Waals surface area contributed by atoms with Crippen molar-refractivity contribution in [3.63, 3.8) is 0 Å². The van der Waals surface area contributed by atoms with E-state index in [9.17, 15) is 9.90 Å². The molecule has 0 aliphatic carbocycles. The SMILES string of the molecule is CN(C(=O)c1cc(O)ccc1Cl)c1ccc(CN)cc1. The minimum absolute atomic E-state index is 0.00429. The maximum atomic E-state index is 12.4. The van der Waals surface area contributed by atoms with Crippen molar-refractivity contribution in [3.8, 4) is 5.75 Å². The summed E-state index contributed by atoms with van der Waals surface area (Å²) in [6, 6.07) is 11.7. The first-order chi connectivity index (χ1) is 9.52. The molecule has 0 bridgehead atoms. The number of nitrogens with zero attached hydrogens (tertiary/aromatic N) is 1. The molecule has 0 radical (unpaired) electrons. The van der Waals surface area contributed by atoms with E-state index in [4.69, 9.17) is 17.3 Å². The molecule has 4 nitrogen and oxygen atoms in total. The van der Waals surface area contributed by atoms with Crippen molar-refractivity contribution in [3.05, 3.63) is 58.6 Å². The zero-order valence-corrected chi connectivity index (χ0v) is 11.8. The highest BCUT2D eigenvalue weighted by molar-refractivity contribution is 6.34. The number of carbonyl (C=O) groups is 1. The molecule has 0 aliphatic rings. The van der Waals surface area contributed by atoms with Gasteiger partial charge in [0.1, 0.15) is 5.75 Å². The number of rotatable bonds is 3. The summed E-state index contributed by atoms with van der Waals surface area (Å²) in [6.45, 7) is 0.455. The Hall–Kier alpha value is -2.04. The lowest BCUT2D eigenvalue weighted by atomic mass is 10.1. The smallest absolute Gasteiger partial charge is 0.259 e. The number of nitrogens with two attached hydrogens (primary N) is 1. The van der Waals surface area contributed by atoms with E-state index in [1.165, 1.54) is 23.1 Å². The molecule has 0 atom stereocenters. The monoisotopic (exact) mass is 290 g/mol. The van der Waals surface area contributed by atoms with Crippen LogP contribution in [0.3, 0.4) is 0 Å². The van der Waals surface area contributed by atoms with E-state index in [1.807, 2.05) is 24.3 Å². The number of carbonyl (C=O) groups excluding carboxylic acids is 1. The maximum Gasteiger partial charge on any atom is 0.259 e. The number of anilines is 1. The Labute approximate surface area is 122 Å². The van der Waals surface area contributed by atoms with Crippen LogP contribution in [0.1, 0.15) is 15.9 Å². The van der Waals surface area contributed by atoms with Gasteiger partial charge in [-0.2, -0.15) is 0 Å². The molecule has 0 saturated carbocycles. The maximum absolute atomic E-state index is 12.4. The van der Waals surface area contributed by atoms with Crippen molar-refractivity contribution in [2.24, 2.45) is 5.73 Å². The van der Waals surface area contributed by atoms with Gasteiger partial charge in [-0.15, -0.1) is 0 Å². The van der Waals surface area contributed by atoms with Crippen LogP contribution >= 0.6 is 11.6 Å². The van der Waals surface area contributed by atoms with Crippen molar-refractivity contribution >= 4 is 23.2 Å².